The predicted octanol–water partition coefficient (Wildman–Crippen LogP) is 3.00. The molecule has 0 saturated carbocycles. The fraction of sp³-hybridized carbons (Fsp3) is 0.444. The van der Waals surface area contributed by atoms with E-state index in [1.807, 2.05) is 18.7 Å². The van der Waals surface area contributed by atoms with Crippen molar-refractivity contribution >= 4 is 29.3 Å². The number of amides is 1. The predicted molar refractivity (Wildman–Crippen MR) is 101 cm³/mol. The summed E-state index contributed by atoms with van der Waals surface area (Å²) >= 11 is 8.59. The number of carbonyl (C=O) groups excluding carboxylic acids is 1. The first-order chi connectivity index (χ1) is 12.0. The van der Waals surface area contributed by atoms with E-state index in [4.69, 9.17) is 16.7 Å². The van der Waals surface area contributed by atoms with Gasteiger partial charge in [-0.25, -0.2) is 4.68 Å². The lowest BCUT2D eigenvalue weighted by Gasteiger charge is -2.31. The van der Waals surface area contributed by atoms with Crippen molar-refractivity contribution in [3.8, 4) is 5.69 Å². The highest BCUT2D eigenvalue weighted by Crippen LogP contribution is 2.37. The number of carbonyl (C=O) groups is 1. The second-order valence-electron chi connectivity index (χ2n) is 6.73. The van der Waals surface area contributed by atoms with Gasteiger partial charge in [-0.1, -0.05) is 23.7 Å². The van der Waals surface area contributed by atoms with E-state index in [1.165, 1.54) is 0 Å². The monoisotopic (exact) mass is 376 g/mol. The topological polar surface area (TPSA) is 50.2 Å². The lowest BCUT2D eigenvalue weighted by atomic mass is 10.1. The molecule has 1 aromatic carbocycles. The molecule has 25 heavy (non-hydrogen) atoms. The molecule has 2 saturated heterocycles. The van der Waals surface area contributed by atoms with E-state index in [-0.39, 0.29) is 18.1 Å². The van der Waals surface area contributed by atoms with Crippen LogP contribution >= 0.6 is 23.4 Å². The van der Waals surface area contributed by atoms with Crippen LogP contribution in [-0.4, -0.2) is 44.7 Å². The minimum atomic E-state index is -0.190. The van der Waals surface area contributed by atoms with Gasteiger partial charge < -0.3 is 5.32 Å². The number of thioether (sulfide) groups is 1. The van der Waals surface area contributed by atoms with Gasteiger partial charge in [-0.05, 0) is 38.0 Å². The molecule has 2 aliphatic rings. The normalized spacial score (nSPS) is 23.6. The first-order valence-electron chi connectivity index (χ1n) is 8.44. The average Bonchev–Trinajstić information content (AvgIpc) is 3.07. The fourth-order valence-electron chi connectivity index (χ4n) is 3.63. The van der Waals surface area contributed by atoms with Gasteiger partial charge in [0.15, 0.2) is 0 Å². The molecule has 0 spiro atoms. The van der Waals surface area contributed by atoms with Crippen molar-refractivity contribution in [3.63, 3.8) is 0 Å². The zero-order valence-electron chi connectivity index (χ0n) is 14.5. The molecule has 1 aromatic heterocycles. The van der Waals surface area contributed by atoms with Gasteiger partial charge in [-0.15, -0.1) is 0 Å². The average molecular weight is 377 g/mol. The Labute approximate surface area is 156 Å². The van der Waals surface area contributed by atoms with Crippen molar-refractivity contribution in [1.29, 1.82) is 0 Å². The van der Waals surface area contributed by atoms with Crippen molar-refractivity contribution in [2.75, 3.05) is 18.1 Å². The Hall–Kier alpha value is -1.50. The van der Waals surface area contributed by atoms with Gasteiger partial charge in [-0.3, -0.25) is 9.69 Å². The number of nitrogens with one attached hydrogen (secondary N) is 1. The van der Waals surface area contributed by atoms with Crippen LogP contribution < -0.4 is 5.32 Å². The third kappa shape index (κ3) is 2.76. The molecular formula is C18H21ClN4OS. The summed E-state index contributed by atoms with van der Waals surface area (Å²) in [5.74, 6) is 1.96. The van der Waals surface area contributed by atoms with Crippen LogP contribution in [0.5, 0.6) is 0 Å². The highest BCUT2D eigenvalue weighted by atomic mass is 35.5. The van der Waals surface area contributed by atoms with Crippen LogP contribution in [0.2, 0.25) is 5.15 Å². The Balaban J connectivity index is 1.78. The first kappa shape index (κ1) is 16.9. The van der Waals surface area contributed by atoms with Crippen molar-refractivity contribution in [2.45, 2.75) is 33.0 Å². The van der Waals surface area contributed by atoms with Crippen molar-refractivity contribution in [2.24, 2.45) is 0 Å². The van der Waals surface area contributed by atoms with E-state index in [0.29, 0.717) is 5.15 Å². The third-order valence-corrected chi connectivity index (χ3v) is 6.38. The molecule has 2 aromatic rings. The van der Waals surface area contributed by atoms with Gasteiger partial charge in [0.25, 0.3) is 0 Å². The minimum absolute atomic E-state index is 0.0664. The Bertz CT molecular complexity index is 850. The smallest absolute Gasteiger partial charge is 0.239 e. The Kier molecular flexibility index (Phi) is 4.30. The van der Waals surface area contributed by atoms with Crippen molar-refractivity contribution < 1.29 is 4.79 Å². The van der Waals surface area contributed by atoms with E-state index in [2.05, 4.69) is 42.3 Å². The van der Waals surface area contributed by atoms with Crippen LogP contribution in [0.3, 0.4) is 0 Å². The number of fused-ring (bicyclic) bond motifs is 1. The molecule has 5 nitrogen and oxygen atoms in total. The summed E-state index contributed by atoms with van der Waals surface area (Å²) in [5, 5.41) is 8.39. The Morgan fingerprint density at radius 1 is 1.32 bits per heavy atom. The SMILES string of the molecule is Cc1ccc(C)c(-n2nc(C)c(C3NC(=O)C4CSCCN43)c2Cl)c1. The maximum Gasteiger partial charge on any atom is 0.239 e. The number of rotatable bonds is 2. The highest BCUT2D eigenvalue weighted by Gasteiger charge is 2.44. The molecule has 0 aliphatic carbocycles. The molecule has 1 amide bonds. The fourth-order valence-corrected chi connectivity index (χ4v) is 5.07. The summed E-state index contributed by atoms with van der Waals surface area (Å²) in [5.41, 5.74) is 5.02. The molecule has 2 unspecified atom stereocenters. The van der Waals surface area contributed by atoms with Crippen LogP contribution in [-0.2, 0) is 4.79 Å². The molecule has 4 rings (SSSR count). The van der Waals surface area contributed by atoms with Crippen LogP contribution in [0, 0.1) is 20.8 Å². The number of hydrogen-bond acceptors (Lipinski definition) is 4. The Morgan fingerprint density at radius 2 is 2.12 bits per heavy atom. The molecule has 0 radical (unpaired) electrons. The van der Waals surface area contributed by atoms with Gasteiger partial charge in [0.2, 0.25) is 5.91 Å². The van der Waals surface area contributed by atoms with Crippen LogP contribution in [0.25, 0.3) is 5.69 Å². The molecule has 2 fully saturated rings. The van der Waals surface area contributed by atoms with Crippen LogP contribution in [0.4, 0.5) is 0 Å². The Morgan fingerprint density at radius 3 is 2.92 bits per heavy atom. The van der Waals surface area contributed by atoms with Gasteiger partial charge >= 0.3 is 0 Å². The van der Waals surface area contributed by atoms with E-state index in [9.17, 15) is 4.79 Å². The third-order valence-electron chi connectivity index (χ3n) is 5.00. The molecular weight excluding hydrogens is 356 g/mol. The quantitative estimate of drug-likeness (QED) is 0.875. The summed E-state index contributed by atoms with van der Waals surface area (Å²) < 4.78 is 1.80. The number of benzene rings is 1. The molecule has 7 heteroatoms. The molecule has 1 N–H and O–H groups in total. The standard InChI is InChI=1S/C18H21ClN4OS/c1-10-4-5-11(2)13(8-10)23-16(19)15(12(3)21-23)17-20-18(24)14-9-25-7-6-22(14)17/h4-5,8,14,17H,6-7,9H2,1-3H3,(H,20,24). The van der Waals surface area contributed by atoms with Crippen LogP contribution in [0.1, 0.15) is 28.6 Å². The zero-order chi connectivity index (χ0) is 17.7. The highest BCUT2D eigenvalue weighted by molar-refractivity contribution is 7.99. The minimum Gasteiger partial charge on any atom is -0.335 e. The van der Waals surface area contributed by atoms with Crippen molar-refractivity contribution in [1.82, 2.24) is 20.0 Å². The maximum absolute atomic E-state index is 12.4. The molecule has 3 heterocycles. The largest absolute Gasteiger partial charge is 0.335 e. The molecule has 132 valence electrons. The lowest BCUT2D eigenvalue weighted by Crippen LogP contribution is -2.41. The van der Waals surface area contributed by atoms with E-state index >= 15 is 0 Å². The summed E-state index contributed by atoms with van der Waals surface area (Å²) in [6, 6.07) is 6.18. The van der Waals surface area contributed by atoms with Gasteiger partial charge in [0, 0.05) is 23.6 Å². The maximum atomic E-state index is 12.4. The number of nitrogens with zero attached hydrogens (tertiary/aromatic N) is 3. The van der Waals surface area contributed by atoms with E-state index in [0.717, 1.165) is 46.1 Å². The van der Waals surface area contributed by atoms with Gasteiger partial charge in [0.05, 0.1) is 11.4 Å². The zero-order valence-corrected chi connectivity index (χ0v) is 16.1. The van der Waals surface area contributed by atoms with Crippen molar-refractivity contribution in [3.05, 3.63) is 45.7 Å². The first-order valence-corrected chi connectivity index (χ1v) is 9.97. The summed E-state index contributed by atoms with van der Waals surface area (Å²) in [7, 11) is 0. The summed E-state index contributed by atoms with van der Waals surface area (Å²) in [6.45, 7) is 6.95. The van der Waals surface area contributed by atoms with Crippen LogP contribution in [0.15, 0.2) is 18.2 Å². The second-order valence-corrected chi connectivity index (χ2v) is 8.24. The molecule has 0 bridgehead atoms. The second kappa shape index (κ2) is 6.34. The van der Waals surface area contributed by atoms with E-state index in [1.54, 1.807) is 4.68 Å². The number of aromatic nitrogens is 2. The lowest BCUT2D eigenvalue weighted by molar-refractivity contribution is -0.121. The number of aryl methyl sites for hydroxylation is 3. The molecule has 2 atom stereocenters. The molecule has 2 aliphatic heterocycles. The van der Waals surface area contributed by atoms with Gasteiger partial charge in [-0.2, -0.15) is 16.9 Å². The number of hydrogen-bond donors (Lipinski definition) is 1. The van der Waals surface area contributed by atoms with Gasteiger partial charge in [0.1, 0.15) is 17.4 Å². The van der Waals surface area contributed by atoms with E-state index < -0.39 is 0 Å². The summed E-state index contributed by atoms with van der Waals surface area (Å²) in [6.07, 6.45) is -0.190. The summed E-state index contributed by atoms with van der Waals surface area (Å²) in [4.78, 5) is 14.6. The number of halogens is 1.